The molecule has 38 heavy (non-hydrogen) atoms. The highest BCUT2D eigenvalue weighted by molar-refractivity contribution is 7.92. The van der Waals surface area contributed by atoms with E-state index in [4.69, 9.17) is 27.9 Å². The van der Waals surface area contributed by atoms with Crippen molar-refractivity contribution in [1.29, 1.82) is 0 Å². The monoisotopic (exact) mass is 580 g/mol. The summed E-state index contributed by atoms with van der Waals surface area (Å²) in [5, 5.41) is 0.286. The van der Waals surface area contributed by atoms with Crippen LogP contribution >= 0.6 is 23.2 Å². The average molecular weight is 581 g/mol. The van der Waals surface area contributed by atoms with Gasteiger partial charge in [0.15, 0.2) is 0 Å². The van der Waals surface area contributed by atoms with Crippen LogP contribution in [0.2, 0.25) is 10.0 Å². The van der Waals surface area contributed by atoms with Crippen molar-refractivity contribution >= 4 is 61.0 Å². The molecule has 3 aromatic carbocycles. The van der Waals surface area contributed by atoms with Crippen LogP contribution in [-0.2, 0) is 17.1 Å². The molecule has 13 heteroatoms. The van der Waals surface area contributed by atoms with Crippen molar-refractivity contribution in [2.24, 2.45) is 7.05 Å². The lowest BCUT2D eigenvalue weighted by Gasteiger charge is -2.23. The first-order chi connectivity index (χ1) is 18.0. The number of hydrogen-bond acceptors (Lipinski definition) is 5. The first kappa shape index (κ1) is 26.1. The second-order valence-corrected chi connectivity index (χ2v) is 10.7. The van der Waals surface area contributed by atoms with Crippen LogP contribution in [-0.4, -0.2) is 29.1 Å². The molecule has 5 aromatic rings. The fraction of sp³-hybridized carbons (Fsp3) is 0.120. The van der Waals surface area contributed by atoms with E-state index in [1.807, 2.05) is 0 Å². The number of aromatic nitrogens is 3. The van der Waals surface area contributed by atoms with Gasteiger partial charge in [0.2, 0.25) is 11.9 Å². The number of para-hydroxylation sites is 3. The molecule has 196 valence electrons. The van der Waals surface area contributed by atoms with Gasteiger partial charge in [0.05, 0.1) is 26.8 Å². The molecule has 0 saturated carbocycles. The molecule has 7 nitrogen and oxygen atoms in total. The van der Waals surface area contributed by atoms with E-state index in [9.17, 15) is 21.6 Å². The van der Waals surface area contributed by atoms with E-state index in [0.717, 1.165) is 0 Å². The number of alkyl halides is 3. The summed E-state index contributed by atoms with van der Waals surface area (Å²) in [6.07, 6.45) is -7.38. The van der Waals surface area contributed by atoms with Crippen molar-refractivity contribution < 1.29 is 26.3 Å². The Labute approximate surface area is 224 Å². The normalized spacial score (nSPS) is 13.1. The van der Waals surface area contributed by atoms with Gasteiger partial charge in [0.1, 0.15) is 4.90 Å². The second-order valence-electron chi connectivity index (χ2n) is 8.25. The van der Waals surface area contributed by atoms with Crippen molar-refractivity contribution in [2.75, 3.05) is 4.72 Å². The highest BCUT2D eigenvalue weighted by atomic mass is 35.5. The van der Waals surface area contributed by atoms with Gasteiger partial charge < -0.3 is 9.30 Å². The van der Waals surface area contributed by atoms with Crippen LogP contribution in [0.15, 0.2) is 77.7 Å². The number of sulfonamides is 1. The molecule has 1 unspecified atom stereocenters. The van der Waals surface area contributed by atoms with E-state index in [-0.39, 0.29) is 26.8 Å². The van der Waals surface area contributed by atoms with Crippen molar-refractivity contribution in [3.8, 4) is 5.88 Å². The van der Waals surface area contributed by atoms with Gasteiger partial charge in [-0.05, 0) is 41.8 Å². The summed E-state index contributed by atoms with van der Waals surface area (Å²) in [6, 6.07) is 18.4. The molecule has 2 aromatic heterocycles. The van der Waals surface area contributed by atoms with Gasteiger partial charge >= 0.3 is 6.18 Å². The fourth-order valence-corrected chi connectivity index (χ4v) is 5.74. The Balaban J connectivity index is 1.64. The van der Waals surface area contributed by atoms with Gasteiger partial charge in [-0.15, -0.1) is 0 Å². The second kappa shape index (κ2) is 9.64. The Bertz CT molecular complexity index is 1790. The Morgan fingerprint density at radius 3 is 2.29 bits per heavy atom. The Morgan fingerprint density at radius 2 is 1.61 bits per heavy atom. The van der Waals surface area contributed by atoms with Gasteiger partial charge in [-0.25, -0.2) is 18.4 Å². The van der Waals surface area contributed by atoms with Crippen molar-refractivity contribution in [3.05, 3.63) is 88.5 Å². The number of halogens is 5. The number of ether oxygens (including phenoxy) is 1. The van der Waals surface area contributed by atoms with Crippen molar-refractivity contribution in [1.82, 2.24) is 14.5 Å². The van der Waals surface area contributed by atoms with Crippen LogP contribution in [0, 0.1) is 0 Å². The zero-order chi connectivity index (χ0) is 27.2. The predicted molar refractivity (Wildman–Crippen MR) is 139 cm³/mol. The number of anilines is 1. The van der Waals surface area contributed by atoms with E-state index in [1.165, 1.54) is 48.0 Å². The maximum Gasteiger partial charge on any atom is 0.431 e. The van der Waals surface area contributed by atoms with Gasteiger partial charge in [-0.2, -0.15) is 13.2 Å². The topological polar surface area (TPSA) is 86.1 Å². The third kappa shape index (κ3) is 4.84. The highest BCUT2D eigenvalue weighted by Gasteiger charge is 2.46. The molecule has 0 saturated heterocycles. The standard InChI is InChI=1S/C25H17Cl2F3N4O3S/c1-34-18-11-5-2-7-14(18)13-19(34)22(25(28,29)30)37-24-23(31-16-9-3-4-10-17(16)32-24)33-38(35,36)20-12-6-8-15(26)21(20)27/h2-13,22H,1H3,(H,31,33). The summed E-state index contributed by atoms with van der Waals surface area (Å²) in [7, 11) is -2.97. The minimum Gasteiger partial charge on any atom is -0.455 e. The Kier molecular flexibility index (Phi) is 6.62. The lowest BCUT2D eigenvalue weighted by molar-refractivity contribution is -0.200. The lowest BCUT2D eigenvalue weighted by Crippen LogP contribution is -2.29. The molecule has 1 atom stereocenters. The molecule has 0 amide bonds. The van der Waals surface area contributed by atoms with E-state index in [0.29, 0.717) is 10.9 Å². The highest BCUT2D eigenvalue weighted by Crippen LogP contribution is 2.40. The number of fused-ring (bicyclic) bond motifs is 2. The van der Waals surface area contributed by atoms with E-state index in [1.54, 1.807) is 36.4 Å². The van der Waals surface area contributed by atoms with E-state index in [2.05, 4.69) is 14.7 Å². The van der Waals surface area contributed by atoms with E-state index >= 15 is 0 Å². The number of nitrogens with zero attached hydrogens (tertiary/aromatic N) is 3. The number of aryl methyl sites for hydroxylation is 1. The predicted octanol–water partition coefficient (Wildman–Crippen LogP) is 6.91. The van der Waals surface area contributed by atoms with Gasteiger partial charge in [0.25, 0.3) is 15.9 Å². The Morgan fingerprint density at radius 1 is 0.947 bits per heavy atom. The maximum atomic E-state index is 14.4. The maximum absolute atomic E-state index is 14.4. The summed E-state index contributed by atoms with van der Waals surface area (Å²) in [4.78, 5) is 7.98. The first-order valence-corrected chi connectivity index (χ1v) is 13.2. The molecule has 0 aliphatic carbocycles. The largest absolute Gasteiger partial charge is 0.455 e. The third-order valence-electron chi connectivity index (χ3n) is 5.76. The number of benzene rings is 3. The number of nitrogens with one attached hydrogen (secondary N) is 1. The molecular weight excluding hydrogens is 564 g/mol. The van der Waals surface area contributed by atoms with Gasteiger partial charge in [0, 0.05) is 12.6 Å². The van der Waals surface area contributed by atoms with Crippen LogP contribution in [0.25, 0.3) is 21.9 Å². The molecule has 0 bridgehead atoms. The molecule has 0 radical (unpaired) electrons. The Hall–Kier alpha value is -3.54. The molecule has 5 rings (SSSR count). The number of hydrogen-bond donors (Lipinski definition) is 1. The third-order valence-corrected chi connectivity index (χ3v) is 8.07. The van der Waals surface area contributed by atoms with Crippen LogP contribution in [0.5, 0.6) is 5.88 Å². The molecule has 1 N–H and O–H groups in total. The summed E-state index contributed by atoms with van der Waals surface area (Å²) in [5.41, 5.74) is 0.772. The van der Waals surface area contributed by atoms with E-state index < -0.39 is 38.9 Å². The van der Waals surface area contributed by atoms with Gasteiger partial charge in [-0.1, -0.05) is 59.6 Å². The molecular formula is C25H17Cl2F3N4O3S. The fourth-order valence-electron chi connectivity index (χ4n) is 3.97. The zero-order valence-electron chi connectivity index (χ0n) is 19.4. The SMILES string of the molecule is Cn1c(C(Oc2nc3ccccc3nc2NS(=O)(=O)c2cccc(Cl)c2Cl)C(F)(F)F)cc2ccccc21. The minimum absolute atomic E-state index is 0.0245. The van der Waals surface area contributed by atoms with Crippen LogP contribution in [0.1, 0.15) is 11.8 Å². The van der Waals surface area contributed by atoms with Crippen molar-refractivity contribution in [3.63, 3.8) is 0 Å². The summed E-state index contributed by atoms with van der Waals surface area (Å²) in [6.45, 7) is 0. The van der Waals surface area contributed by atoms with Gasteiger partial charge in [-0.3, -0.25) is 4.72 Å². The van der Waals surface area contributed by atoms with Crippen LogP contribution in [0.3, 0.4) is 0 Å². The lowest BCUT2D eigenvalue weighted by atomic mass is 10.2. The van der Waals surface area contributed by atoms with Crippen LogP contribution in [0.4, 0.5) is 19.0 Å². The minimum atomic E-state index is -4.89. The first-order valence-electron chi connectivity index (χ1n) is 11.0. The molecule has 0 spiro atoms. The molecule has 0 aliphatic heterocycles. The average Bonchev–Trinajstić information content (AvgIpc) is 3.19. The number of rotatable bonds is 6. The summed E-state index contributed by atoms with van der Waals surface area (Å²) >= 11 is 12.1. The summed E-state index contributed by atoms with van der Waals surface area (Å²) in [5.74, 6) is -1.22. The molecule has 2 heterocycles. The van der Waals surface area contributed by atoms with Crippen LogP contribution < -0.4 is 9.46 Å². The molecule has 0 aliphatic rings. The smallest absolute Gasteiger partial charge is 0.431 e. The van der Waals surface area contributed by atoms with Crippen molar-refractivity contribution in [2.45, 2.75) is 17.2 Å². The quantitative estimate of drug-likeness (QED) is 0.236. The summed E-state index contributed by atoms with van der Waals surface area (Å²) < 4.78 is 78.5. The molecule has 0 fully saturated rings. The zero-order valence-corrected chi connectivity index (χ0v) is 21.7.